The van der Waals surface area contributed by atoms with Crippen LogP contribution in [0.3, 0.4) is 0 Å². The van der Waals surface area contributed by atoms with Crippen LogP contribution in [0.4, 0.5) is 0 Å². The average Bonchev–Trinajstić information content (AvgIpc) is 3.26. The first kappa shape index (κ1) is 24.0. The Kier molecular flexibility index (Phi) is 7.01. The first-order chi connectivity index (χ1) is 15.7. The normalized spacial score (nSPS) is 18.1. The zero-order chi connectivity index (χ0) is 23.9. The van der Waals surface area contributed by atoms with E-state index >= 15 is 0 Å². The Morgan fingerprint density at radius 1 is 1.24 bits per heavy atom. The van der Waals surface area contributed by atoms with Crippen molar-refractivity contribution in [2.45, 2.75) is 24.2 Å². The van der Waals surface area contributed by atoms with Gasteiger partial charge in [0.2, 0.25) is 4.77 Å². The highest BCUT2D eigenvalue weighted by atomic mass is 35.5. The number of phenols is 1. The van der Waals surface area contributed by atoms with Crippen LogP contribution in [0.5, 0.6) is 17.2 Å². The summed E-state index contributed by atoms with van der Waals surface area (Å²) in [6.07, 6.45) is 0. The number of H-pyrrole nitrogens is 1. The van der Waals surface area contributed by atoms with Gasteiger partial charge in [-0.05, 0) is 49.0 Å². The van der Waals surface area contributed by atoms with Crippen LogP contribution in [0.1, 0.15) is 23.7 Å². The third kappa shape index (κ3) is 4.63. The van der Waals surface area contributed by atoms with Crippen LogP contribution >= 0.6 is 58.8 Å². The van der Waals surface area contributed by atoms with Gasteiger partial charge in [-0.15, -0.1) is 11.8 Å². The number of hydrogen-bond acceptors (Lipinski definition) is 7. The van der Waals surface area contributed by atoms with Crippen molar-refractivity contribution in [2.24, 2.45) is 0 Å². The average molecular weight is 548 g/mol. The molecule has 1 aromatic heterocycles. The maximum Gasteiger partial charge on any atom is 0.255 e. The van der Waals surface area contributed by atoms with E-state index in [0.29, 0.717) is 16.6 Å². The number of benzene rings is 2. The molecule has 1 aliphatic heterocycles. The van der Waals surface area contributed by atoms with Gasteiger partial charge in [0, 0.05) is 5.02 Å². The zero-order valence-electron chi connectivity index (χ0n) is 17.2. The molecule has 2 aromatic carbocycles. The topological polar surface area (TPSA) is 92.6 Å². The van der Waals surface area contributed by atoms with Crippen molar-refractivity contribution in [3.63, 3.8) is 0 Å². The van der Waals surface area contributed by atoms with Crippen molar-refractivity contribution in [3.05, 3.63) is 61.6 Å². The fourth-order valence-corrected chi connectivity index (χ4v) is 5.72. The number of aromatic hydroxyl groups is 1. The Morgan fingerprint density at radius 3 is 2.61 bits per heavy atom. The summed E-state index contributed by atoms with van der Waals surface area (Å²) in [4.78, 5) is 13.2. The highest BCUT2D eigenvalue weighted by molar-refractivity contribution is 8.01. The third-order valence-electron chi connectivity index (χ3n) is 4.86. The van der Waals surface area contributed by atoms with Crippen molar-refractivity contribution < 1.29 is 19.4 Å². The number of halogens is 3. The Morgan fingerprint density at radius 2 is 1.94 bits per heavy atom. The number of thioether (sulfide) groups is 1. The first-order valence-electron chi connectivity index (χ1n) is 9.50. The number of aromatic amines is 1. The molecule has 4 rings (SSSR count). The Bertz CT molecular complexity index is 1260. The van der Waals surface area contributed by atoms with E-state index < -0.39 is 5.37 Å². The van der Waals surface area contributed by atoms with Crippen molar-refractivity contribution in [1.29, 1.82) is 0 Å². The number of nitrogens with one attached hydrogen (secondary N) is 1. The summed E-state index contributed by atoms with van der Waals surface area (Å²) >= 11 is 25.2. The van der Waals surface area contributed by atoms with Gasteiger partial charge in [0.05, 0.1) is 22.4 Å². The number of nitrogens with zero attached hydrogens (tertiary/aromatic N) is 3. The molecular weight excluding hydrogens is 531 g/mol. The summed E-state index contributed by atoms with van der Waals surface area (Å²) < 4.78 is 12.7. The first-order valence-corrected chi connectivity index (χ1v) is 12.0. The van der Waals surface area contributed by atoms with Crippen molar-refractivity contribution in [3.8, 4) is 17.2 Å². The van der Waals surface area contributed by atoms with Crippen molar-refractivity contribution in [2.75, 3.05) is 12.1 Å². The number of ether oxygens (including phenoxy) is 2. The quantitative estimate of drug-likeness (QED) is 0.394. The fourth-order valence-electron chi connectivity index (χ4n) is 3.33. The monoisotopic (exact) mass is 546 g/mol. The fraction of sp³-hybridized carbons (Fsp3) is 0.250. The maximum absolute atomic E-state index is 13.2. The summed E-state index contributed by atoms with van der Waals surface area (Å²) in [5.74, 6) is 0.699. The Labute approximate surface area is 213 Å². The highest BCUT2D eigenvalue weighted by Crippen LogP contribution is 2.44. The molecule has 33 heavy (non-hydrogen) atoms. The zero-order valence-corrected chi connectivity index (χ0v) is 21.1. The van der Waals surface area contributed by atoms with Crippen LogP contribution in [-0.2, 0) is 11.4 Å². The largest absolute Gasteiger partial charge is 0.504 e. The van der Waals surface area contributed by atoms with Crippen molar-refractivity contribution >= 4 is 64.7 Å². The molecule has 2 heterocycles. The molecule has 1 aliphatic rings. The molecule has 0 saturated carbocycles. The molecule has 2 N–H and O–H groups in total. The van der Waals surface area contributed by atoms with E-state index in [1.165, 1.54) is 46.8 Å². The van der Waals surface area contributed by atoms with Gasteiger partial charge in [-0.25, -0.2) is 9.69 Å². The molecule has 8 nitrogen and oxygen atoms in total. The lowest BCUT2D eigenvalue weighted by Gasteiger charge is -2.26. The SMILES string of the molecule is COc1cc(C2SC(C)C(=O)N2n2c(COc3c(Cl)cc(Cl)cc3Cl)n[nH]c2=S)ccc1O. The lowest BCUT2D eigenvalue weighted by molar-refractivity contribution is -0.119. The van der Waals surface area contributed by atoms with Gasteiger partial charge in [-0.1, -0.05) is 40.9 Å². The van der Waals surface area contributed by atoms with Crippen LogP contribution in [0, 0.1) is 4.77 Å². The minimum absolute atomic E-state index is 0.000838. The number of carbonyl (C=O) groups excluding carboxylic acids is 1. The number of phenolic OH excluding ortho intramolecular Hbond substituents is 1. The van der Waals surface area contributed by atoms with Crippen molar-refractivity contribution in [1.82, 2.24) is 14.9 Å². The van der Waals surface area contributed by atoms with Gasteiger partial charge in [0.25, 0.3) is 5.91 Å². The number of aromatic nitrogens is 3. The number of rotatable bonds is 6. The van der Waals surface area contributed by atoms with Gasteiger partial charge in [0.1, 0.15) is 12.0 Å². The lowest BCUT2D eigenvalue weighted by atomic mass is 10.2. The number of amides is 1. The van der Waals surface area contributed by atoms with E-state index in [1.807, 2.05) is 6.92 Å². The molecule has 13 heteroatoms. The number of methoxy groups -OCH3 is 1. The second kappa shape index (κ2) is 9.63. The highest BCUT2D eigenvalue weighted by Gasteiger charge is 2.41. The number of hydrogen-bond donors (Lipinski definition) is 2. The van der Waals surface area contributed by atoms with E-state index in [4.69, 9.17) is 56.5 Å². The van der Waals surface area contributed by atoms with E-state index in [9.17, 15) is 9.90 Å². The van der Waals surface area contributed by atoms with Gasteiger partial charge in [-0.3, -0.25) is 9.89 Å². The van der Waals surface area contributed by atoms with E-state index in [-0.39, 0.29) is 44.1 Å². The molecule has 0 aliphatic carbocycles. The smallest absolute Gasteiger partial charge is 0.255 e. The predicted molar refractivity (Wildman–Crippen MR) is 131 cm³/mol. The second-order valence-corrected chi connectivity index (χ2v) is 10.1. The summed E-state index contributed by atoms with van der Waals surface area (Å²) in [6, 6.07) is 7.94. The van der Waals surface area contributed by atoms with Crippen LogP contribution in [0.2, 0.25) is 15.1 Å². The molecule has 2 unspecified atom stereocenters. The molecule has 0 radical (unpaired) electrons. The summed E-state index contributed by atoms with van der Waals surface area (Å²) in [6.45, 7) is 1.73. The predicted octanol–water partition coefficient (Wildman–Crippen LogP) is 5.49. The Balaban J connectivity index is 1.70. The summed E-state index contributed by atoms with van der Waals surface area (Å²) in [5.41, 5.74) is 0.742. The van der Waals surface area contributed by atoms with E-state index in [1.54, 1.807) is 12.1 Å². The van der Waals surface area contributed by atoms with Crippen LogP contribution in [-0.4, -0.2) is 38.2 Å². The molecule has 1 fully saturated rings. The van der Waals surface area contributed by atoms with Gasteiger partial charge < -0.3 is 14.6 Å². The standard InChI is InChI=1S/C20H17Cl3N4O4S2/c1-9-18(29)27(19(33-9)10-3-4-14(28)15(5-10)30-2)26-16(24-25-20(26)32)8-31-17-12(22)6-11(21)7-13(17)23/h3-7,9,19,28H,8H2,1-2H3,(H,25,32). The molecular formula is C20H17Cl3N4O4S2. The molecule has 0 bridgehead atoms. The van der Waals surface area contributed by atoms with Gasteiger partial charge in [0.15, 0.2) is 23.1 Å². The molecule has 174 valence electrons. The van der Waals surface area contributed by atoms with E-state index in [0.717, 1.165) is 5.56 Å². The van der Waals surface area contributed by atoms with Crippen LogP contribution in [0.15, 0.2) is 30.3 Å². The maximum atomic E-state index is 13.2. The van der Waals surface area contributed by atoms with Crippen LogP contribution in [0.25, 0.3) is 0 Å². The molecule has 1 amide bonds. The molecule has 2 atom stereocenters. The lowest BCUT2D eigenvalue weighted by Crippen LogP contribution is -2.41. The minimum Gasteiger partial charge on any atom is -0.504 e. The molecule has 3 aromatic rings. The Hall–Kier alpha value is -2.11. The number of carbonyl (C=O) groups is 1. The van der Waals surface area contributed by atoms with Gasteiger partial charge in [-0.2, -0.15) is 5.10 Å². The van der Waals surface area contributed by atoms with Crippen LogP contribution < -0.4 is 14.5 Å². The minimum atomic E-state index is -0.451. The molecule has 1 saturated heterocycles. The molecule has 0 spiro atoms. The van der Waals surface area contributed by atoms with Gasteiger partial charge >= 0.3 is 0 Å². The van der Waals surface area contributed by atoms with E-state index in [2.05, 4.69) is 10.2 Å². The third-order valence-corrected chi connectivity index (χ3v) is 7.24. The second-order valence-electron chi connectivity index (χ2n) is 6.99. The summed E-state index contributed by atoms with van der Waals surface area (Å²) in [7, 11) is 1.46. The summed E-state index contributed by atoms with van der Waals surface area (Å²) in [5, 5.41) is 18.5.